The maximum absolute atomic E-state index is 12.9. The third-order valence-corrected chi connectivity index (χ3v) is 5.51. The van der Waals surface area contributed by atoms with Gasteiger partial charge in [-0.1, -0.05) is 35.9 Å². The van der Waals surface area contributed by atoms with Crippen molar-refractivity contribution in [2.75, 3.05) is 29.9 Å². The van der Waals surface area contributed by atoms with Crippen LogP contribution in [0.15, 0.2) is 54.6 Å². The topological polar surface area (TPSA) is 45.2 Å². The number of carbonyl (C=O) groups excluding carboxylic acids is 1. The van der Waals surface area contributed by atoms with E-state index in [0.29, 0.717) is 5.69 Å². The summed E-state index contributed by atoms with van der Waals surface area (Å²) in [6.07, 6.45) is 0. The number of anilines is 2. The second-order valence-electron chi connectivity index (χ2n) is 6.47. The third kappa shape index (κ3) is 3.53. The van der Waals surface area contributed by atoms with E-state index in [1.54, 1.807) is 0 Å². The molecule has 1 aliphatic heterocycles. The normalized spacial score (nSPS) is 14.4. The first-order chi connectivity index (χ1) is 12.7. The number of aromatic nitrogens is 1. The third-order valence-electron chi connectivity index (χ3n) is 4.56. The maximum atomic E-state index is 12.9. The Morgan fingerprint density at radius 1 is 1.08 bits per heavy atom. The number of hydrogen-bond donors (Lipinski definition) is 1. The number of benzene rings is 2. The van der Waals surface area contributed by atoms with Crippen molar-refractivity contribution in [2.24, 2.45) is 0 Å². The molecule has 2 aromatic carbocycles. The van der Waals surface area contributed by atoms with Gasteiger partial charge in [-0.15, -0.1) is 0 Å². The van der Waals surface area contributed by atoms with Gasteiger partial charge in [-0.2, -0.15) is 11.8 Å². The standard InChI is InChI=1S/C21H21N3OS/c1-15-6-8-16(9-7-15)22-19-14-20(21(25)24-10-12-26-13-11-24)23-18-5-3-2-4-17(18)19/h2-9,14H,10-13H2,1H3,(H,22,23). The number of para-hydroxylation sites is 1. The first-order valence-corrected chi connectivity index (χ1v) is 9.97. The van der Waals surface area contributed by atoms with Gasteiger partial charge in [0.1, 0.15) is 5.69 Å². The molecule has 4 rings (SSSR count). The molecule has 2 heterocycles. The molecule has 0 saturated carbocycles. The second-order valence-corrected chi connectivity index (χ2v) is 7.69. The Hall–Kier alpha value is -2.53. The van der Waals surface area contributed by atoms with Crippen LogP contribution in [0.2, 0.25) is 0 Å². The van der Waals surface area contributed by atoms with Crippen molar-refractivity contribution in [3.05, 3.63) is 65.9 Å². The van der Waals surface area contributed by atoms with Crippen molar-refractivity contribution in [2.45, 2.75) is 6.92 Å². The van der Waals surface area contributed by atoms with E-state index in [2.05, 4.69) is 29.4 Å². The molecule has 5 heteroatoms. The Kier molecular flexibility index (Phi) is 4.80. The zero-order chi connectivity index (χ0) is 17.9. The number of aryl methyl sites for hydroxylation is 1. The number of fused-ring (bicyclic) bond motifs is 1. The SMILES string of the molecule is Cc1ccc(Nc2cc(C(=O)N3CCSCC3)nc3ccccc23)cc1. The molecule has 1 aromatic heterocycles. The largest absolute Gasteiger partial charge is 0.355 e. The highest BCUT2D eigenvalue weighted by atomic mass is 32.2. The molecule has 132 valence electrons. The number of nitrogens with zero attached hydrogens (tertiary/aromatic N) is 2. The van der Waals surface area contributed by atoms with Crippen molar-refractivity contribution in [1.82, 2.24) is 9.88 Å². The summed E-state index contributed by atoms with van der Waals surface area (Å²) in [5.41, 5.74) is 4.47. The molecule has 0 spiro atoms. The molecule has 1 amide bonds. The maximum Gasteiger partial charge on any atom is 0.272 e. The highest BCUT2D eigenvalue weighted by Gasteiger charge is 2.21. The van der Waals surface area contributed by atoms with Gasteiger partial charge in [0.2, 0.25) is 0 Å². The van der Waals surface area contributed by atoms with Crippen LogP contribution in [-0.2, 0) is 0 Å². The lowest BCUT2D eigenvalue weighted by Gasteiger charge is -2.26. The predicted octanol–water partition coefficient (Wildman–Crippen LogP) is 4.48. The van der Waals surface area contributed by atoms with Crippen LogP contribution in [0.1, 0.15) is 16.1 Å². The molecule has 3 aromatic rings. The molecule has 1 fully saturated rings. The first kappa shape index (κ1) is 16.9. The van der Waals surface area contributed by atoms with Gasteiger partial charge in [0, 0.05) is 35.7 Å². The van der Waals surface area contributed by atoms with Crippen molar-refractivity contribution in [1.29, 1.82) is 0 Å². The van der Waals surface area contributed by atoms with Crippen molar-refractivity contribution < 1.29 is 4.79 Å². The van der Waals surface area contributed by atoms with Gasteiger partial charge in [-0.3, -0.25) is 4.79 Å². The second kappa shape index (κ2) is 7.38. The molecular weight excluding hydrogens is 342 g/mol. The van der Waals surface area contributed by atoms with E-state index in [0.717, 1.165) is 46.9 Å². The summed E-state index contributed by atoms with van der Waals surface area (Å²) in [7, 11) is 0. The number of nitrogens with one attached hydrogen (secondary N) is 1. The Labute approximate surface area is 157 Å². The van der Waals surface area contributed by atoms with Crippen LogP contribution in [0.4, 0.5) is 11.4 Å². The molecule has 0 unspecified atom stereocenters. The summed E-state index contributed by atoms with van der Waals surface area (Å²) in [6.45, 7) is 3.65. The smallest absolute Gasteiger partial charge is 0.272 e. The molecule has 4 nitrogen and oxygen atoms in total. The van der Waals surface area contributed by atoms with Crippen molar-refractivity contribution in [3.63, 3.8) is 0 Å². The minimum Gasteiger partial charge on any atom is -0.355 e. The number of thioether (sulfide) groups is 1. The van der Waals surface area contributed by atoms with Crippen molar-refractivity contribution in [3.8, 4) is 0 Å². The minimum absolute atomic E-state index is 0.0167. The van der Waals surface area contributed by atoms with Crippen molar-refractivity contribution >= 4 is 39.9 Å². The summed E-state index contributed by atoms with van der Waals surface area (Å²) in [4.78, 5) is 19.5. The van der Waals surface area contributed by atoms with Crippen LogP contribution in [-0.4, -0.2) is 40.4 Å². The Bertz CT molecular complexity index is 934. The molecule has 1 saturated heterocycles. The molecule has 26 heavy (non-hydrogen) atoms. The molecular formula is C21H21N3OS. The number of hydrogen-bond acceptors (Lipinski definition) is 4. The van der Waals surface area contributed by atoms with E-state index in [4.69, 9.17) is 0 Å². The number of pyridine rings is 1. The van der Waals surface area contributed by atoms with Crippen LogP contribution in [0.3, 0.4) is 0 Å². The zero-order valence-corrected chi connectivity index (χ0v) is 15.6. The van der Waals surface area contributed by atoms with E-state index in [-0.39, 0.29) is 5.91 Å². The fourth-order valence-electron chi connectivity index (χ4n) is 3.11. The number of amides is 1. The van der Waals surface area contributed by atoms with Crippen LogP contribution in [0.25, 0.3) is 10.9 Å². The molecule has 0 bridgehead atoms. The number of rotatable bonds is 3. The first-order valence-electron chi connectivity index (χ1n) is 8.81. The summed E-state index contributed by atoms with van der Waals surface area (Å²) in [5.74, 6) is 2.00. The zero-order valence-electron chi connectivity index (χ0n) is 14.7. The monoisotopic (exact) mass is 363 g/mol. The summed E-state index contributed by atoms with van der Waals surface area (Å²) < 4.78 is 0. The van der Waals surface area contributed by atoms with E-state index in [1.165, 1.54) is 5.56 Å². The molecule has 0 aliphatic carbocycles. The van der Waals surface area contributed by atoms with Gasteiger partial charge in [-0.25, -0.2) is 4.98 Å². The van der Waals surface area contributed by atoms with Gasteiger partial charge in [-0.05, 0) is 31.2 Å². The van der Waals surface area contributed by atoms with E-state index in [9.17, 15) is 4.79 Å². The lowest BCUT2D eigenvalue weighted by atomic mass is 10.1. The van der Waals surface area contributed by atoms with Gasteiger partial charge in [0.25, 0.3) is 5.91 Å². The highest BCUT2D eigenvalue weighted by molar-refractivity contribution is 7.99. The van der Waals surface area contributed by atoms with Crippen LogP contribution >= 0.6 is 11.8 Å². The molecule has 1 aliphatic rings. The Morgan fingerprint density at radius 2 is 1.81 bits per heavy atom. The van der Waals surface area contributed by atoms with Crippen LogP contribution in [0.5, 0.6) is 0 Å². The minimum atomic E-state index is 0.0167. The molecule has 0 atom stereocenters. The average molecular weight is 363 g/mol. The van der Waals surface area contributed by atoms with E-state index in [1.807, 2.05) is 59.1 Å². The lowest BCUT2D eigenvalue weighted by molar-refractivity contribution is 0.0767. The summed E-state index contributed by atoms with van der Waals surface area (Å²) >= 11 is 1.89. The number of carbonyl (C=O) groups is 1. The lowest BCUT2D eigenvalue weighted by Crippen LogP contribution is -2.38. The Morgan fingerprint density at radius 3 is 2.58 bits per heavy atom. The van der Waals surface area contributed by atoms with Gasteiger partial charge < -0.3 is 10.2 Å². The predicted molar refractivity (Wildman–Crippen MR) is 109 cm³/mol. The summed E-state index contributed by atoms with van der Waals surface area (Å²) in [5, 5.41) is 4.47. The van der Waals surface area contributed by atoms with E-state index >= 15 is 0 Å². The van der Waals surface area contributed by atoms with Crippen LogP contribution < -0.4 is 5.32 Å². The van der Waals surface area contributed by atoms with Gasteiger partial charge in [0.15, 0.2) is 0 Å². The summed E-state index contributed by atoms with van der Waals surface area (Å²) in [6, 6.07) is 18.1. The average Bonchev–Trinajstić information content (AvgIpc) is 2.69. The fourth-order valence-corrected chi connectivity index (χ4v) is 4.01. The van der Waals surface area contributed by atoms with E-state index < -0.39 is 0 Å². The molecule has 0 radical (unpaired) electrons. The quantitative estimate of drug-likeness (QED) is 0.745. The van der Waals surface area contributed by atoms with Gasteiger partial charge >= 0.3 is 0 Å². The fraction of sp³-hybridized carbons (Fsp3) is 0.238. The highest BCUT2D eigenvalue weighted by Crippen LogP contribution is 2.27. The Balaban J connectivity index is 1.73. The van der Waals surface area contributed by atoms with Crippen LogP contribution in [0, 0.1) is 6.92 Å². The van der Waals surface area contributed by atoms with Gasteiger partial charge in [0.05, 0.1) is 11.2 Å². The molecule has 1 N–H and O–H groups in total.